The van der Waals surface area contributed by atoms with Crippen molar-refractivity contribution < 1.29 is 0 Å². The Morgan fingerprint density at radius 1 is 1.15 bits per heavy atom. The second-order valence-corrected chi connectivity index (χ2v) is 8.99. The van der Waals surface area contributed by atoms with Gasteiger partial charge < -0.3 is 5.73 Å². The maximum Gasteiger partial charge on any atom is 0.123 e. The minimum Gasteiger partial charge on any atom is -0.384 e. The predicted molar refractivity (Wildman–Crippen MR) is 114 cm³/mol. The van der Waals surface area contributed by atoms with Gasteiger partial charge in [0.25, 0.3) is 0 Å². The lowest BCUT2D eigenvalue weighted by atomic mass is 9.88. The Bertz CT molecular complexity index is 763. The van der Waals surface area contributed by atoms with Crippen molar-refractivity contribution in [3.63, 3.8) is 0 Å². The van der Waals surface area contributed by atoms with Gasteiger partial charge in [-0.1, -0.05) is 38.1 Å². The molecular weight excluding hydrogens is 332 g/mol. The number of pyridine rings is 1. The van der Waals surface area contributed by atoms with Crippen molar-refractivity contribution in [2.24, 2.45) is 0 Å². The summed E-state index contributed by atoms with van der Waals surface area (Å²) in [6.07, 6.45) is 1.81. The van der Waals surface area contributed by atoms with Gasteiger partial charge in [-0.3, -0.25) is 9.80 Å². The van der Waals surface area contributed by atoms with E-state index in [0.717, 1.165) is 26.2 Å². The molecule has 1 saturated heterocycles. The van der Waals surface area contributed by atoms with Gasteiger partial charge in [0.05, 0.1) is 0 Å². The molecule has 4 nitrogen and oxygen atoms in total. The van der Waals surface area contributed by atoms with Gasteiger partial charge in [-0.2, -0.15) is 0 Å². The van der Waals surface area contributed by atoms with Crippen LogP contribution in [-0.2, 0) is 6.54 Å². The van der Waals surface area contributed by atoms with Crippen molar-refractivity contribution in [1.82, 2.24) is 14.8 Å². The Hall–Kier alpha value is -1.91. The fraction of sp³-hybridized carbons (Fsp3) is 0.522. The zero-order valence-corrected chi connectivity index (χ0v) is 17.4. The van der Waals surface area contributed by atoms with Crippen LogP contribution in [0.1, 0.15) is 63.3 Å². The first-order valence-corrected chi connectivity index (χ1v) is 10.0. The molecule has 27 heavy (non-hydrogen) atoms. The molecule has 2 aromatic rings. The third-order valence-electron chi connectivity index (χ3n) is 5.55. The first-order valence-electron chi connectivity index (χ1n) is 10.0. The molecule has 1 unspecified atom stereocenters. The van der Waals surface area contributed by atoms with Crippen molar-refractivity contribution in [2.75, 3.05) is 25.4 Å². The topological polar surface area (TPSA) is 45.4 Å². The summed E-state index contributed by atoms with van der Waals surface area (Å²) >= 11 is 0. The summed E-state index contributed by atoms with van der Waals surface area (Å²) in [4.78, 5) is 9.35. The molecule has 0 saturated carbocycles. The fourth-order valence-corrected chi connectivity index (χ4v) is 4.24. The maximum atomic E-state index is 5.88. The van der Waals surface area contributed by atoms with Crippen LogP contribution in [0.15, 0.2) is 42.6 Å². The van der Waals surface area contributed by atoms with Crippen molar-refractivity contribution in [2.45, 2.75) is 58.7 Å². The predicted octanol–water partition coefficient (Wildman–Crippen LogP) is 4.44. The molecule has 0 amide bonds. The highest BCUT2D eigenvalue weighted by atomic mass is 15.3. The number of piperazine rings is 1. The van der Waals surface area contributed by atoms with Crippen LogP contribution < -0.4 is 5.73 Å². The minimum atomic E-state index is 0.141. The highest BCUT2D eigenvalue weighted by molar-refractivity contribution is 5.34. The van der Waals surface area contributed by atoms with Gasteiger partial charge in [0.15, 0.2) is 0 Å². The van der Waals surface area contributed by atoms with Crippen LogP contribution in [0, 0.1) is 0 Å². The molecule has 0 bridgehead atoms. The van der Waals surface area contributed by atoms with E-state index in [2.05, 4.69) is 79.7 Å². The summed E-state index contributed by atoms with van der Waals surface area (Å²) in [7, 11) is 0. The second-order valence-electron chi connectivity index (χ2n) is 8.99. The molecule has 0 aliphatic carbocycles. The Labute approximate surface area is 164 Å². The van der Waals surface area contributed by atoms with E-state index in [4.69, 9.17) is 5.73 Å². The van der Waals surface area contributed by atoms with Crippen molar-refractivity contribution in [3.8, 4) is 0 Å². The molecule has 1 atom stereocenters. The van der Waals surface area contributed by atoms with Crippen molar-refractivity contribution >= 4 is 5.82 Å². The number of rotatable bonds is 4. The van der Waals surface area contributed by atoms with Crippen molar-refractivity contribution in [3.05, 3.63) is 59.3 Å². The lowest BCUT2D eigenvalue weighted by Gasteiger charge is -2.49. The van der Waals surface area contributed by atoms with Crippen molar-refractivity contribution in [1.29, 1.82) is 0 Å². The van der Waals surface area contributed by atoms with E-state index in [9.17, 15) is 0 Å². The Morgan fingerprint density at radius 3 is 2.56 bits per heavy atom. The molecule has 4 heteroatoms. The van der Waals surface area contributed by atoms with E-state index < -0.39 is 0 Å². The number of anilines is 1. The van der Waals surface area contributed by atoms with Crippen LogP contribution in [0.4, 0.5) is 5.82 Å². The number of nitrogens with two attached hydrogens (primary N) is 1. The number of nitrogens with zero attached hydrogens (tertiary/aromatic N) is 3. The SMILES string of the molecule is CC(C)c1ccccc1C1CN(Cc2ccnc(N)c2)CCN1C(C)(C)C. The molecule has 146 valence electrons. The lowest BCUT2D eigenvalue weighted by molar-refractivity contribution is 0.00555. The molecule has 3 rings (SSSR count). The molecule has 1 aromatic carbocycles. The van der Waals surface area contributed by atoms with Crippen LogP contribution in [0.3, 0.4) is 0 Å². The molecule has 1 aliphatic heterocycles. The minimum absolute atomic E-state index is 0.141. The number of hydrogen-bond donors (Lipinski definition) is 1. The number of hydrogen-bond acceptors (Lipinski definition) is 4. The van der Waals surface area contributed by atoms with Crippen LogP contribution in [0.25, 0.3) is 0 Å². The highest BCUT2D eigenvalue weighted by Crippen LogP contribution is 2.36. The largest absolute Gasteiger partial charge is 0.384 e. The molecule has 2 heterocycles. The third-order valence-corrected chi connectivity index (χ3v) is 5.55. The zero-order valence-electron chi connectivity index (χ0n) is 17.4. The Kier molecular flexibility index (Phi) is 5.87. The van der Waals surface area contributed by atoms with Gasteiger partial charge in [-0.05, 0) is 55.5 Å². The summed E-state index contributed by atoms with van der Waals surface area (Å²) in [5.74, 6) is 1.13. The number of aromatic nitrogens is 1. The van der Waals surface area contributed by atoms with E-state index in [1.54, 1.807) is 0 Å². The van der Waals surface area contributed by atoms with Gasteiger partial charge >= 0.3 is 0 Å². The highest BCUT2D eigenvalue weighted by Gasteiger charge is 2.35. The second kappa shape index (κ2) is 7.99. The van der Waals surface area contributed by atoms with Crippen LogP contribution in [0.5, 0.6) is 0 Å². The van der Waals surface area contributed by atoms with E-state index in [1.807, 2.05) is 12.3 Å². The smallest absolute Gasteiger partial charge is 0.123 e. The summed E-state index contributed by atoms with van der Waals surface area (Å²) in [6.45, 7) is 15.7. The maximum absolute atomic E-state index is 5.88. The normalized spacial score (nSPS) is 19.6. The molecule has 0 radical (unpaired) electrons. The molecular formula is C23H34N4. The third kappa shape index (κ3) is 4.69. The van der Waals surface area contributed by atoms with Crippen LogP contribution in [-0.4, -0.2) is 40.0 Å². The summed E-state index contributed by atoms with van der Waals surface area (Å²) in [5, 5.41) is 0. The van der Waals surface area contributed by atoms with E-state index in [0.29, 0.717) is 17.8 Å². The number of benzene rings is 1. The van der Waals surface area contributed by atoms with Gasteiger partial charge in [0.2, 0.25) is 0 Å². The van der Waals surface area contributed by atoms with E-state index in [-0.39, 0.29) is 5.54 Å². The van der Waals surface area contributed by atoms with Gasteiger partial charge in [0.1, 0.15) is 5.82 Å². The quantitative estimate of drug-likeness (QED) is 0.869. The first kappa shape index (κ1) is 19.8. The molecule has 1 aliphatic rings. The van der Waals surface area contributed by atoms with Gasteiger partial charge in [-0.15, -0.1) is 0 Å². The van der Waals surface area contributed by atoms with Gasteiger partial charge in [0, 0.05) is 44.0 Å². The van der Waals surface area contributed by atoms with Crippen LogP contribution in [0.2, 0.25) is 0 Å². The molecule has 2 N–H and O–H groups in total. The standard InChI is InChI=1S/C23H34N4/c1-17(2)19-8-6-7-9-20(19)21-16-26(12-13-27(21)23(3,4)5)15-18-10-11-25-22(24)14-18/h6-11,14,17,21H,12-13,15-16H2,1-5H3,(H2,24,25). The zero-order chi connectivity index (χ0) is 19.6. The van der Waals surface area contributed by atoms with Gasteiger partial charge in [-0.25, -0.2) is 4.98 Å². The average molecular weight is 367 g/mol. The van der Waals surface area contributed by atoms with E-state index >= 15 is 0 Å². The molecule has 0 spiro atoms. The molecule has 1 aromatic heterocycles. The number of nitrogen functional groups attached to an aromatic ring is 1. The average Bonchev–Trinajstić information content (AvgIpc) is 2.60. The fourth-order valence-electron chi connectivity index (χ4n) is 4.24. The first-order chi connectivity index (χ1) is 12.8. The monoisotopic (exact) mass is 366 g/mol. The Morgan fingerprint density at radius 2 is 1.89 bits per heavy atom. The Balaban J connectivity index is 1.89. The summed E-state index contributed by atoms with van der Waals surface area (Å²) in [6, 6.07) is 13.4. The lowest BCUT2D eigenvalue weighted by Crippen LogP contribution is -2.55. The summed E-state index contributed by atoms with van der Waals surface area (Å²) in [5.41, 5.74) is 10.2. The molecule has 1 fully saturated rings. The van der Waals surface area contributed by atoms with Crippen LogP contribution >= 0.6 is 0 Å². The van der Waals surface area contributed by atoms with E-state index in [1.165, 1.54) is 16.7 Å². The summed E-state index contributed by atoms with van der Waals surface area (Å²) < 4.78 is 0.